The van der Waals surface area contributed by atoms with Crippen molar-refractivity contribution < 1.29 is 14.0 Å². The number of nitrogens with two attached hydrogens (primary N) is 1. The smallest absolute Gasteiger partial charge is 0.246 e. The first-order chi connectivity index (χ1) is 14.9. The maximum atomic E-state index is 12.7. The fraction of sp³-hybridized carbons (Fsp3) is 0.292. The molecular weight excluding hydrogens is 392 g/mol. The lowest BCUT2D eigenvalue weighted by Gasteiger charge is -2.15. The maximum absolute atomic E-state index is 12.7. The summed E-state index contributed by atoms with van der Waals surface area (Å²) in [4.78, 5) is 29.3. The fourth-order valence-electron chi connectivity index (χ4n) is 3.53. The van der Waals surface area contributed by atoms with Gasteiger partial charge in [-0.05, 0) is 49.1 Å². The van der Waals surface area contributed by atoms with Crippen molar-refractivity contribution in [3.8, 4) is 0 Å². The third-order valence-electron chi connectivity index (χ3n) is 5.23. The number of nitrogens with one attached hydrogen (secondary N) is 1. The van der Waals surface area contributed by atoms with Crippen LogP contribution in [0, 0.1) is 6.92 Å². The van der Waals surface area contributed by atoms with E-state index in [4.69, 9.17) is 10.2 Å². The number of rotatable bonds is 9. The first-order valence-corrected chi connectivity index (χ1v) is 10.2. The number of nitrogen functional groups attached to an aromatic ring is 1. The molecule has 0 saturated heterocycles. The molecule has 0 fully saturated rings. The van der Waals surface area contributed by atoms with Crippen molar-refractivity contribution in [2.75, 3.05) is 25.1 Å². The van der Waals surface area contributed by atoms with Gasteiger partial charge in [0, 0.05) is 50.3 Å². The van der Waals surface area contributed by atoms with E-state index in [-0.39, 0.29) is 5.91 Å². The molecule has 3 N–H and O–H groups in total. The van der Waals surface area contributed by atoms with Gasteiger partial charge in [-0.3, -0.25) is 4.79 Å². The van der Waals surface area contributed by atoms with E-state index < -0.39 is 0 Å². The highest BCUT2D eigenvalue weighted by Gasteiger charge is 2.16. The Bertz CT molecular complexity index is 1120. The zero-order chi connectivity index (χ0) is 22.4. The summed E-state index contributed by atoms with van der Waals surface area (Å²) in [5.74, 6) is 1.41. The molecule has 162 valence electrons. The molecule has 2 heterocycles. The van der Waals surface area contributed by atoms with Crippen LogP contribution in [0.3, 0.4) is 0 Å². The summed E-state index contributed by atoms with van der Waals surface area (Å²) in [5, 5.41) is 3.99. The Kier molecular flexibility index (Phi) is 7.07. The largest absolute Gasteiger partial charge is 0.459 e. The van der Waals surface area contributed by atoms with Gasteiger partial charge in [0.15, 0.2) is 5.58 Å². The Morgan fingerprint density at radius 2 is 2.16 bits per heavy atom. The molecule has 0 spiro atoms. The topological polar surface area (TPSA) is 101 Å². The third-order valence-corrected chi connectivity index (χ3v) is 5.23. The summed E-state index contributed by atoms with van der Waals surface area (Å²) >= 11 is 0. The monoisotopic (exact) mass is 420 g/mol. The summed E-state index contributed by atoms with van der Waals surface area (Å²) < 4.78 is 5.80. The van der Waals surface area contributed by atoms with Crippen molar-refractivity contribution >= 4 is 40.7 Å². The van der Waals surface area contributed by atoms with E-state index in [1.54, 1.807) is 30.3 Å². The van der Waals surface area contributed by atoms with Crippen molar-refractivity contribution in [3.05, 3.63) is 59.0 Å². The lowest BCUT2D eigenvalue weighted by molar-refractivity contribution is -0.125. The van der Waals surface area contributed by atoms with Crippen LogP contribution in [-0.2, 0) is 22.6 Å². The summed E-state index contributed by atoms with van der Waals surface area (Å²) in [6, 6.07) is 7.62. The molecule has 0 saturated carbocycles. The minimum Gasteiger partial charge on any atom is -0.459 e. The number of pyridine rings is 1. The first-order valence-electron chi connectivity index (χ1n) is 10.2. The van der Waals surface area contributed by atoms with Crippen LogP contribution in [0.5, 0.6) is 0 Å². The number of likely N-dealkylation sites (N-methyl/N-ethyl adjacent to an activating group) is 1. The van der Waals surface area contributed by atoms with E-state index in [2.05, 4.69) is 10.3 Å². The van der Waals surface area contributed by atoms with Crippen molar-refractivity contribution in [2.24, 2.45) is 0 Å². The van der Waals surface area contributed by atoms with E-state index in [0.29, 0.717) is 24.2 Å². The van der Waals surface area contributed by atoms with Crippen LogP contribution in [0.25, 0.3) is 17.0 Å². The SMILES string of the molecule is CNc1ncc(/C=C/C(=O)N(C)Cc2c(C)oc3c(N)cccc23)cc1CCCC=O. The summed E-state index contributed by atoms with van der Waals surface area (Å²) in [6.07, 6.45) is 7.95. The Morgan fingerprint density at radius 3 is 2.90 bits per heavy atom. The molecule has 31 heavy (non-hydrogen) atoms. The Balaban J connectivity index is 1.72. The molecule has 0 aliphatic heterocycles. The number of aryl methyl sites for hydroxylation is 2. The Hall–Kier alpha value is -3.61. The van der Waals surface area contributed by atoms with Gasteiger partial charge in [0.25, 0.3) is 0 Å². The molecule has 3 aromatic rings. The number of fused-ring (bicyclic) bond motifs is 1. The lowest BCUT2D eigenvalue weighted by Crippen LogP contribution is -2.24. The van der Waals surface area contributed by atoms with Gasteiger partial charge >= 0.3 is 0 Å². The Labute approximate surface area is 181 Å². The zero-order valence-electron chi connectivity index (χ0n) is 18.1. The van der Waals surface area contributed by atoms with Crippen molar-refractivity contribution in [2.45, 2.75) is 32.7 Å². The quantitative estimate of drug-likeness (QED) is 0.235. The predicted molar refractivity (Wildman–Crippen MR) is 124 cm³/mol. The highest BCUT2D eigenvalue weighted by atomic mass is 16.3. The number of amides is 1. The van der Waals surface area contributed by atoms with Crippen LogP contribution in [0.2, 0.25) is 0 Å². The number of unbranched alkanes of at least 4 members (excludes halogenated alkanes) is 1. The molecule has 1 aromatic carbocycles. The fourth-order valence-corrected chi connectivity index (χ4v) is 3.53. The van der Waals surface area contributed by atoms with E-state index in [1.165, 1.54) is 6.08 Å². The van der Waals surface area contributed by atoms with Crippen molar-refractivity contribution in [1.82, 2.24) is 9.88 Å². The van der Waals surface area contributed by atoms with E-state index in [1.807, 2.05) is 32.2 Å². The highest BCUT2D eigenvalue weighted by molar-refractivity contribution is 5.93. The third kappa shape index (κ3) is 5.12. The molecule has 1 amide bonds. The average molecular weight is 421 g/mol. The molecule has 0 unspecified atom stereocenters. The van der Waals surface area contributed by atoms with Crippen LogP contribution >= 0.6 is 0 Å². The van der Waals surface area contributed by atoms with Crippen molar-refractivity contribution in [1.29, 1.82) is 0 Å². The van der Waals surface area contributed by atoms with E-state index in [0.717, 1.165) is 52.8 Å². The highest BCUT2D eigenvalue weighted by Crippen LogP contribution is 2.30. The van der Waals surface area contributed by atoms with E-state index >= 15 is 0 Å². The van der Waals surface area contributed by atoms with Gasteiger partial charge in [0.05, 0.1) is 5.69 Å². The number of aldehydes is 1. The van der Waals surface area contributed by atoms with Gasteiger partial charge in [0.2, 0.25) is 5.91 Å². The molecule has 0 aliphatic rings. The lowest BCUT2D eigenvalue weighted by atomic mass is 10.1. The van der Waals surface area contributed by atoms with Gasteiger partial charge in [-0.15, -0.1) is 0 Å². The molecule has 2 aromatic heterocycles. The van der Waals surface area contributed by atoms with Crippen LogP contribution in [0.15, 0.2) is 41.0 Å². The molecular formula is C24H28N4O3. The van der Waals surface area contributed by atoms with Gasteiger partial charge < -0.3 is 25.2 Å². The maximum Gasteiger partial charge on any atom is 0.246 e. The second-order valence-corrected chi connectivity index (χ2v) is 7.47. The van der Waals surface area contributed by atoms with E-state index in [9.17, 15) is 9.59 Å². The molecule has 0 atom stereocenters. The molecule has 7 heteroatoms. The number of hydrogen-bond acceptors (Lipinski definition) is 6. The number of furan rings is 1. The summed E-state index contributed by atoms with van der Waals surface area (Å²) in [7, 11) is 3.57. The number of hydrogen-bond donors (Lipinski definition) is 2. The predicted octanol–water partition coefficient (Wildman–Crippen LogP) is 3.95. The first kappa shape index (κ1) is 22.1. The molecule has 0 bridgehead atoms. The average Bonchev–Trinajstić information content (AvgIpc) is 3.09. The second kappa shape index (κ2) is 9.93. The van der Waals surface area contributed by atoms with Gasteiger partial charge in [-0.2, -0.15) is 0 Å². The number of anilines is 2. The number of aromatic nitrogens is 1. The van der Waals surface area contributed by atoms with Crippen LogP contribution in [-0.4, -0.2) is 36.2 Å². The summed E-state index contributed by atoms with van der Waals surface area (Å²) in [6.45, 7) is 2.30. The number of carbonyl (C=O) groups is 2. The van der Waals surface area contributed by atoms with Gasteiger partial charge in [-0.1, -0.05) is 12.1 Å². The van der Waals surface area contributed by atoms with Crippen LogP contribution in [0.4, 0.5) is 11.5 Å². The summed E-state index contributed by atoms with van der Waals surface area (Å²) in [5.41, 5.74) is 10.0. The zero-order valence-corrected chi connectivity index (χ0v) is 18.1. The van der Waals surface area contributed by atoms with Gasteiger partial charge in [-0.25, -0.2) is 4.98 Å². The number of nitrogens with zero attached hydrogens (tertiary/aromatic N) is 2. The molecule has 7 nitrogen and oxygen atoms in total. The second-order valence-electron chi connectivity index (χ2n) is 7.47. The minimum absolute atomic E-state index is 0.127. The van der Waals surface area contributed by atoms with Crippen LogP contribution in [0.1, 0.15) is 35.3 Å². The Morgan fingerprint density at radius 1 is 1.35 bits per heavy atom. The molecule has 0 aliphatic carbocycles. The van der Waals surface area contributed by atoms with Crippen molar-refractivity contribution in [3.63, 3.8) is 0 Å². The number of para-hydroxylation sites is 1. The standard InChI is InChI=1S/C24H28N4O3/c1-16-20(19-8-6-9-21(25)23(19)31-16)15-28(3)22(30)11-10-17-13-18(7-4-5-12-29)24(26-2)27-14-17/h6,8-14H,4-5,7,15,25H2,1-3H3,(H,26,27)/b11-10+. The molecule has 3 rings (SSSR count). The minimum atomic E-state index is -0.127. The van der Waals surface area contributed by atoms with Gasteiger partial charge in [0.1, 0.15) is 17.9 Å². The molecule has 0 radical (unpaired) electrons. The number of carbonyl (C=O) groups excluding carboxylic acids is 2. The normalized spacial score (nSPS) is 11.2. The van der Waals surface area contributed by atoms with Crippen LogP contribution < -0.4 is 11.1 Å². The number of benzene rings is 1.